The van der Waals surface area contributed by atoms with Crippen LogP contribution < -0.4 is 61.6 Å². The van der Waals surface area contributed by atoms with E-state index in [0.717, 1.165) is 12.1 Å². The van der Waals surface area contributed by atoms with Gasteiger partial charge >= 0.3 is 58.4 Å². The fraction of sp³-hybridized carbons (Fsp3) is 0.0769. The predicted octanol–water partition coefficient (Wildman–Crippen LogP) is 1.12. The van der Waals surface area contributed by atoms with Gasteiger partial charge in [-0.3, -0.25) is 0 Å². The SMILES string of the molecule is Fc1ccc(Cl)c(COc2ccc([B-](F)(F)F)cc2)c1.[K+]. The maximum absolute atomic E-state index is 13.0. The normalized spacial score (nSPS) is 10.9. The number of hydrogen-bond acceptors (Lipinski definition) is 1. The fourth-order valence-corrected chi connectivity index (χ4v) is 1.77. The molecule has 0 amide bonds. The second-order valence-corrected chi connectivity index (χ2v) is 4.58. The molecule has 0 spiro atoms. The van der Waals surface area contributed by atoms with Crippen molar-refractivity contribution < 1.29 is 73.5 Å². The quantitative estimate of drug-likeness (QED) is 0.598. The number of hydrogen-bond donors (Lipinski definition) is 0. The van der Waals surface area contributed by atoms with E-state index in [1.54, 1.807) is 0 Å². The van der Waals surface area contributed by atoms with Crippen LogP contribution in [0, 0.1) is 5.82 Å². The van der Waals surface area contributed by atoms with E-state index in [2.05, 4.69) is 0 Å². The molecule has 0 aliphatic carbocycles. The molecular formula is C13H9BClF4KO. The van der Waals surface area contributed by atoms with Crippen LogP contribution in [-0.4, -0.2) is 6.98 Å². The molecule has 0 aliphatic rings. The zero-order valence-corrected chi connectivity index (χ0v) is 15.0. The molecule has 0 fully saturated rings. The van der Waals surface area contributed by atoms with Gasteiger partial charge in [0.15, 0.2) is 0 Å². The van der Waals surface area contributed by atoms with E-state index in [0.29, 0.717) is 10.6 Å². The van der Waals surface area contributed by atoms with E-state index >= 15 is 0 Å². The van der Waals surface area contributed by atoms with Gasteiger partial charge in [-0.25, -0.2) is 4.39 Å². The Morgan fingerprint density at radius 1 is 1.00 bits per heavy atom. The van der Waals surface area contributed by atoms with Gasteiger partial charge in [-0.05, 0) is 30.3 Å². The average molecular weight is 343 g/mol. The minimum absolute atomic E-state index is 0. The van der Waals surface area contributed by atoms with Crippen LogP contribution >= 0.6 is 11.6 Å². The van der Waals surface area contributed by atoms with Crippen LogP contribution in [-0.2, 0) is 6.61 Å². The Hall–Kier alpha value is -0.0487. The summed E-state index contributed by atoms with van der Waals surface area (Å²) in [4.78, 5) is 0. The summed E-state index contributed by atoms with van der Waals surface area (Å²) in [5.41, 5.74) is -0.267. The summed E-state index contributed by atoms with van der Waals surface area (Å²) >= 11 is 5.85. The first-order chi connectivity index (χ1) is 9.36. The van der Waals surface area contributed by atoms with Crippen molar-refractivity contribution in [2.75, 3.05) is 0 Å². The van der Waals surface area contributed by atoms with E-state index in [-0.39, 0.29) is 63.7 Å². The molecule has 2 rings (SSSR count). The molecule has 8 heteroatoms. The monoisotopic (exact) mass is 342 g/mol. The zero-order chi connectivity index (χ0) is 14.8. The molecule has 0 heterocycles. The summed E-state index contributed by atoms with van der Waals surface area (Å²) in [6.07, 6.45) is 0. The smallest absolute Gasteiger partial charge is 0.489 e. The van der Waals surface area contributed by atoms with Gasteiger partial charge in [0.2, 0.25) is 0 Å². The Morgan fingerprint density at radius 3 is 2.19 bits per heavy atom. The number of halogens is 5. The summed E-state index contributed by atoms with van der Waals surface area (Å²) in [6, 6.07) is 8.16. The first kappa shape index (κ1) is 19.0. The molecule has 0 saturated carbocycles. The summed E-state index contributed by atoms with van der Waals surface area (Å²) in [7, 11) is 0. The largest absolute Gasteiger partial charge is 1.00 e. The molecule has 2 aromatic carbocycles. The third-order valence-corrected chi connectivity index (χ3v) is 3.03. The first-order valence-electron chi connectivity index (χ1n) is 5.73. The third-order valence-electron chi connectivity index (χ3n) is 2.66. The molecule has 106 valence electrons. The van der Waals surface area contributed by atoms with Gasteiger partial charge in [0.05, 0.1) is 0 Å². The summed E-state index contributed by atoms with van der Waals surface area (Å²) in [5, 5.41) is 0.335. The molecule has 0 aromatic heterocycles. The molecule has 0 bridgehead atoms. The second-order valence-electron chi connectivity index (χ2n) is 4.17. The summed E-state index contributed by atoms with van der Waals surface area (Å²) < 4.78 is 55.6. The van der Waals surface area contributed by atoms with Crippen molar-refractivity contribution in [2.24, 2.45) is 0 Å². The first-order valence-corrected chi connectivity index (χ1v) is 6.11. The Bertz CT molecular complexity index is 604. The summed E-state index contributed by atoms with van der Waals surface area (Å²) in [6.45, 7) is -5.04. The van der Waals surface area contributed by atoms with Crippen molar-refractivity contribution in [3.8, 4) is 5.75 Å². The molecule has 0 radical (unpaired) electrons. The fourth-order valence-electron chi connectivity index (χ4n) is 1.60. The van der Waals surface area contributed by atoms with Gasteiger partial charge in [-0.15, -0.1) is 5.46 Å². The Kier molecular flexibility index (Phi) is 7.23. The van der Waals surface area contributed by atoms with Crippen molar-refractivity contribution in [1.82, 2.24) is 0 Å². The van der Waals surface area contributed by atoms with Crippen molar-refractivity contribution in [3.05, 3.63) is 58.9 Å². The topological polar surface area (TPSA) is 9.23 Å². The Balaban J connectivity index is 0.00000220. The molecule has 21 heavy (non-hydrogen) atoms. The average Bonchev–Trinajstić information content (AvgIpc) is 2.39. The van der Waals surface area contributed by atoms with Crippen LogP contribution in [0.3, 0.4) is 0 Å². The molecule has 0 saturated heterocycles. The van der Waals surface area contributed by atoms with Crippen LogP contribution in [0.5, 0.6) is 5.75 Å². The van der Waals surface area contributed by atoms with Gasteiger partial charge in [0.1, 0.15) is 18.2 Å². The van der Waals surface area contributed by atoms with E-state index in [1.807, 2.05) is 0 Å². The Labute approximate surface area is 167 Å². The van der Waals surface area contributed by atoms with Gasteiger partial charge in [-0.1, -0.05) is 23.7 Å². The van der Waals surface area contributed by atoms with Crippen molar-refractivity contribution in [1.29, 1.82) is 0 Å². The van der Waals surface area contributed by atoms with Gasteiger partial charge in [0.25, 0.3) is 0 Å². The number of benzene rings is 2. The van der Waals surface area contributed by atoms with Gasteiger partial charge < -0.3 is 17.7 Å². The van der Waals surface area contributed by atoms with Crippen LogP contribution in [0.4, 0.5) is 17.3 Å². The minimum atomic E-state index is -5.02. The molecular weight excluding hydrogens is 333 g/mol. The molecule has 0 atom stereocenters. The minimum Gasteiger partial charge on any atom is -0.489 e. The molecule has 0 N–H and O–H groups in total. The zero-order valence-electron chi connectivity index (χ0n) is 11.1. The molecule has 0 aliphatic heterocycles. The molecule has 0 unspecified atom stereocenters. The van der Waals surface area contributed by atoms with Gasteiger partial charge in [0, 0.05) is 10.6 Å². The van der Waals surface area contributed by atoms with Crippen molar-refractivity contribution in [2.45, 2.75) is 6.61 Å². The van der Waals surface area contributed by atoms with Crippen LogP contribution in [0.2, 0.25) is 5.02 Å². The van der Waals surface area contributed by atoms with E-state index < -0.39 is 18.3 Å². The maximum Gasteiger partial charge on any atom is 1.00 e. The maximum atomic E-state index is 13.0. The molecule has 1 nitrogen and oxygen atoms in total. The van der Waals surface area contributed by atoms with Crippen LogP contribution in [0.1, 0.15) is 5.56 Å². The number of rotatable bonds is 4. The molecule has 2 aromatic rings. The van der Waals surface area contributed by atoms with Crippen molar-refractivity contribution in [3.63, 3.8) is 0 Å². The predicted molar refractivity (Wildman–Crippen MR) is 70.9 cm³/mol. The Morgan fingerprint density at radius 2 is 1.62 bits per heavy atom. The van der Waals surface area contributed by atoms with Crippen LogP contribution in [0.25, 0.3) is 0 Å². The number of ether oxygens (including phenoxy) is 1. The van der Waals surface area contributed by atoms with E-state index in [9.17, 15) is 17.3 Å². The van der Waals surface area contributed by atoms with Gasteiger partial charge in [-0.2, -0.15) is 0 Å². The summed E-state index contributed by atoms with van der Waals surface area (Å²) in [5.74, 6) is -0.197. The standard InChI is InChI=1S/C13H9BClF4O.K/c15-13-6-3-11(16)7-9(13)8-20-12-4-1-10(2-5-12)14(17,18)19;/h1-7H,8H2;/q-1;+1. The third kappa shape index (κ3) is 5.58. The van der Waals surface area contributed by atoms with Crippen LogP contribution in [0.15, 0.2) is 42.5 Å². The van der Waals surface area contributed by atoms with E-state index in [4.69, 9.17) is 16.3 Å². The van der Waals surface area contributed by atoms with E-state index in [1.165, 1.54) is 30.3 Å². The second kappa shape index (κ2) is 7.99. The van der Waals surface area contributed by atoms with Crippen molar-refractivity contribution >= 4 is 24.0 Å².